The van der Waals surface area contributed by atoms with Crippen LogP contribution in [0.5, 0.6) is 0 Å². The second kappa shape index (κ2) is 5.19. The molecule has 0 amide bonds. The first kappa shape index (κ1) is 10.5. The highest BCUT2D eigenvalue weighted by Gasteiger charge is 2.17. The van der Waals surface area contributed by atoms with Gasteiger partial charge in [0.1, 0.15) is 0 Å². The Kier molecular flexibility index (Phi) is 4.18. The number of aliphatic carboxylic acids is 1. The van der Waals surface area contributed by atoms with Gasteiger partial charge in [0.05, 0.1) is 12.6 Å². The molecule has 1 unspecified atom stereocenters. The molecule has 0 spiro atoms. The van der Waals surface area contributed by atoms with Gasteiger partial charge in [-0.2, -0.15) is 0 Å². The number of carboxylic acid groups (broad SMARTS) is 1. The minimum atomic E-state index is -0.740. The van der Waals surface area contributed by atoms with Crippen LogP contribution in [0.15, 0.2) is 0 Å². The van der Waals surface area contributed by atoms with Crippen molar-refractivity contribution in [2.75, 3.05) is 26.7 Å². The summed E-state index contributed by atoms with van der Waals surface area (Å²) in [4.78, 5) is 12.4. The second-order valence-electron chi connectivity index (χ2n) is 3.46. The molecule has 1 aliphatic heterocycles. The number of likely N-dealkylation sites (tertiary alicyclic amines) is 1. The fraction of sp³-hybridized carbons (Fsp3) is 0.889. The van der Waals surface area contributed by atoms with Gasteiger partial charge in [-0.05, 0) is 25.8 Å². The highest BCUT2D eigenvalue weighted by Crippen LogP contribution is 2.12. The van der Waals surface area contributed by atoms with Crippen molar-refractivity contribution in [1.29, 1.82) is 0 Å². The molecule has 1 aliphatic rings. The van der Waals surface area contributed by atoms with E-state index in [9.17, 15) is 4.79 Å². The monoisotopic (exact) mass is 187 g/mol. The van der Waals surface area contributed by atoms with Crippen molar-refractivity contribution in [3.8, 4) is 0 Å². The summed E-state index contributed by atoms with van der Waals surface area (Å²) in [6.07, 6.45) is 3.35. The molecule has 13 heavy (non-hydrogen) atoms. The number of methoxy groups -OCH3 is 1. The van der Waals surface area contributed by atoms with E-state index >= 15 is 0 Å². The lowest BCUT2D eigenvalue weighted by atomic mass is 10.2. The Bertz CT molecular complexity index is 172. The fourth-order valence-electron chi connectivity index (χ4n) is 1.71. The minimum absolute atomic E-state index is 0.163. The largest absolute Gasteiger partial charge is 0.480 e. The third-order valence-electron chi connectivity index (χ3n) is 2.46. The molecule has 1 fully saturated rings. The third-order valence-corrected chi connectivity index (χ3v) is 2.46. The number of ether oxygens (including phenoxy) is 1. The topological polar surface area (TPSA) is 49.8 Å². The second-order valence-corrected chi connectivity index (χ2v) is 3.46. The summed E-state index contributed by atoms with van der Waals surface area (Å²) in [5, 5.41) is 8.61. The summed E-state index contributed by atoms with van der Waals surface area (Å²) < 4.78 is 5.25. The highest BCUT2D eigenvalue weighted by molar-refractivity contribution is 5.69. The molecule has 1 N–H and O–H groups in total. The van der Waals surface area contributed by atoms with Crippen LogP contribution >= 0.6 is 0 Å². The molecule has 0 aromatic heterocycles. The maximum Gasteiger partial charge on any atom is 0.317 e. The molecule has 1 atom stereocenters. The predicted molar refractivity (Wildman–Crippen MR) is 48.7 cm³/mol. The van der Waals surface area contributed by atoms with Gasteiger partial charge < -0.3 is 9.84 Å². The Morgan fingerprint density at radius 3 is 2.92 bits per heavy atom. The molecule has 4 heteroatoms. The van der Waals surface area contributed by atoms with Crippen molar-refractivity contribution in [1.82, 2.24) is 4.90 Å². The van der Waals surface area contributed by atoms with Gasteiger partial charge in [-0.25, -0.2) is 0 Å². The van der Waals surface area contributed by atoms with Crippen LogP contribution in [0.1, 0.15) is 19.3 Å². The predicted octanol–water partition coefficient (Wildman–Crippen LogP) is 0.572. The van der Waals surface area contributed by atoms with Crippen molar-refractivity contribution >= 4 is 5.97 Å². The summed E-state index contributed by atoms with van der Waals surface area (Å²) in [6, 6.07) is 0. The van der Waals surface area contributed by atoms with Crippen molar-refractivity contribution in [3.63, 3.8) is 0 Å². The van der Waals surface area contributed by atoms with Gasteiger partial charge >= 0.3 is 5.97 Å². The quantitative estimate of drug-likeness (QED) is 0.702. The lowest BCUT2D eigenvalue weighted by Crippen LogP contribution is -2.30. The zero-order valence-electron chi connectivity index (χ0n) is 8.03. The molecule has 0 saturated carbocycles. The van der Waals surface area contributed by atoms with Crippen molar-refractivity contribution < 1.29 is 14.6 Å². The first-order valence-electron chi connectivity index (χ1n) is 4.69. The van der Waals surface area contributed by atoms with Crippen LogP contribution in [0.2, 0.25) is 0 Å². The number of rotatable bonds is 3. The average molecular weight is 187 g/mol. The molecule has 76 valence electrons. The molecular formula is C9H17NO3. The number of hydrogen-bond donors (Lipinski definition) is 1. The molecule has 1 rings (SSSR count). The molecule has 0 aromatic rings. The van der Waals surface area contributed by atoms with Gasteiger partial charge in [-0.3, -0.25) is 9.69 Å². The number of carbonyl (C=O) groups is 1. The first-order valence-corrected chi connectivity index (χ1v) is 4.69. The van der Waals surface area contributed by atoms with Crippen LogP contribution in [0.25, 0.3) is 0 Å². The van der Waals surface area contributed by atoms with Gasteiger partial charge in [0.2, 0.25) is 0 Å². The van der Waals surface area contributed by atoms with E-state index in [1.54, 1.807) is 7.11 Å². The Balaban J connectivity index is 2.31. The molecular weight excluding hydrogens is 170 g/mol. The lowest BCUT2D eigenvalue weighted by Gasteiger charge is -2.16. The Morgan fingerprint density at radius 2 is 2.31 bits per heavy atom. The minimum Gasteiger partial charge on any atom is -0.480 e. The van der Waals surface area contributed by atoms with Crippen LogP contribution in [-0.4, -0.2) is 48.8 Å². The van der Waals surface area contributed by atoms with Crippen LogP contribution in [0.4, 0.5) is 0 Å². The highest BCUT2D eigenvalue weighted by atomic mass is 16.5. The van der Waals surface area contributed by atoms with E-state index in [2.05, 4.69) is 0 Å². The Labute approximate surface area is 78.5 Å². The molecule has 0 bridgehead atoms. The summed E-state index contributed by atoms with van der Waals surface area (Å²) >= 11 is 0. The summed E-state index contributed by atoms with van der Waals surface area (Å²) in [7, 11) is 1.72. The van der Waals surface area contributed by atoms with E-state index in [4.69, 9.17) is 9.84 Å². The zero-order chi connectivity index (χ0) is 9.68. The summed E-state index contributed by atoms with van der Waals surface area (Å²) in [5.41, 5.74) is 0. The zero-order valence-corrected chi connectivity index (χ0v) is 8.03. The summed E-state index contributed by atoms with van der Waals surface area (Å²) in [5.74, 6) is -0.740. The van der Waals surface area contributed by atoms with E-state index in [0.717, 1.165) is 32.4 Å². The van der Waals surface area contributed by atoms with Gasteiger partial charge in [-0.1, -0.05) is 0 Å². The maximum absolute atomic E-state index is 10.5. The maximum atomic E-state index is 10.5. The van der Waals surface area contributed by atoms with Gasteiger partial charge in [0.15, 0.2) is 0 Å². The lowest BCUT2D eigenvalue weighted by molar-refractivity contribution is -0.138. The number of carboxylic acids is 1. The summed E-state index contributed by atoms with van der Waals surface area (Å²) in [6.45, 7) is 1.88. The van der Waals surface area contributed by atoms with Crippen molar-refractivity contribution in [2.24, 2.45) is 0 Å². The first-order chi connectivity index (χ1) is 6.22. The number of hydrogen-bond acceptors (Lipinski definition) is 3. The number of nitrogens with zero attached hydrogens (tertiary/aromatic N) is 1. The SMILES string of the molecule is COC1CCCN(CC(=O)O)CC1. The fourth-order valence-corrected chi connectivity index (χ4v) is 1.71. The van der Waals surface area contributed by atoms with Crippen LogP contribution < -0.4 is 0 Å². The van der Waals surface area contributed by atoms with E-state index in [1.807, 2.05) is 4.90 Å². The standard InChI is InChI=1S/C9H17NO3/c1-13-8-3-2-5-10(6-4-8)7-9(11)12/h8H,2-7H2,1H3,(H,11,12). The van der Waals surface area contributed by atoms with Gasteiger partial charge in [-0.15, -0.1) is 0 Å². The molecule has 1 saturated heterocycles. The van der Waals surface area contributed by atoms with Crippen LogP contribution in [0.3, 0.4) is 0 Å². The molecule has 0 radical (unpaired) electrons. The third kappa shape index (κ3) is 3.74. The smallest absolute Gasteiger partial charge is 0.317 e. The molecule has 0 aromatic carbocycles. The van der Waals surface area contributed by atoms with Crippen LogP contribution in [-0.2, 0) is 9.53 Å². The Hall–Kier alpha value is -0.610. The van der Waals surface area contributed by atoms with Gasteiger partial charge in [0, 0.05) is 13.7 Å². The van der Waals surface area contributed by atoms with E-state index in [-0.39, 0.29) is 6.54 Å². The molecule has 1 heterocycles. The molecule has 4 nitrogen and oxygen atoms in total. The van der Waals surface area contributed by atoms with E-state index in [0.29, 0.717) is 6.10 Å². The van der Waals surface area contributed by atoms with Crippen LogP contribution in [0, 0.1) is 0 Å². The van der Waals surface area contributed by atoms with Crippen molar-refractivity contribution in [2.45, 2.75) is 25.4 Å². The van der Waals surface area contributed by atoms with E-state index < -0.39 is 5.97 Å². The average Bonchev–Trinajstić information content (AvgIpc) is 2.29. The van der Waals surface area contributed by atoms with Gasteiger partial charge in [0.25, 0.3) is 0 Å². The normalized spacial score (nSPS) is 25.5. The Morgan fingerprint density at radius 1 is 1.54 bits per heavy atom. The van der Waals surface area contributed by atoms with Crippen molar-refractivity contribution in [3.05, 3.63) is 0 Å². The molecule has 0 aliphatic carbocycles. The van der Waals surface area contributed by atoms with E-state index in [1.165, 1.54) is 0 Å².